The van der Waals surface area contributed by atoms with E-state index in [0.717, 1.165) is 11.3 Å². The molecule has 6 heteroatoms. The van der Waals surface area contributed by atoms with Crippen molar-refractivity contribution in [1.29, 1.82) is 0 Å². The molecular formula is C13H13ClN2O3. The number of ether oxygens (including phenoxy) is 1. The first kappa shape index (κ1) is 13.4. The molecule has 5 nitrogen and oxygen atoms in total. The van der Waals surface area contributed by atoms with Crippen LogP contribution in [0.25, 0.3) is 0 Å². The zero-order valence-corrected chi connectivity index (χ0v) is 11.1. The highest BCUT2D eigenvalue weighted by Gasteiger charge is 2.10. The maximum atomic E-state index is 11.8. The van der Waals surface area contributed by atoms with Crippen LogP contribution < -0.4 is 10.1 Å². The zero-order valence-electron chi connectivity index (χ0n) is 10.4. The molecule has 0 atom stereocenters. The Morgan fingerprint density at radius 1 is 1.47 bits per heavy atom. The van der Waals surface area contributed by atoms with Gasteiger partial charge in [-0.25, -0.2) is 0 Å². The predicted molar refractivity (Wildman–Crippen MR) is 71.6 cm³/mol. The number of carbonyl (C=O) groups excluding carboxylic acids is 1. The lowest BCUT2D eigenvalue weighted by Crippen LogP contribution is -2.12. The van der Waals surface area contributed by atoms with Crippen LogP contribution in [0.5, 0.6) is 5.75 Å². The fraction of sp³-hybridized carbons (Fsp3) is 0.231. The number of halogens is 1. The van der Waals surface area contributed by atoms with E-state index in [1.165, 1.54) is 12.3 Å². The van der Waals surface area contributed by atoms with E-state index in [0.29, 0.717) is 18.2 Å². The van der Waals surface area contributed by atoms with E-state index in [-0.39, 0.29) is 11.6 Å². The van der Waals surface area contributed by atoms with Gasteiger partial charge in [0.25, 0.3) is 5.91 Å². The smallest absolute Gasteiger partial charge is 0.277 e. The molecule has 0 unspecified atom stereocenters. The molecule has 100 valence electrons. The number of hydrogen-bond donors (Lipinski definition) is 1. The van der Waals surface area contributed by atoms with Crippen molar-refractivity contribution >= 4 is 23.2 Å². The zero-order chi connectivity index (χ0) is 13.7. The Bertz CT molecular complexity index is 555. The van der Waals surface area contributed by atoms with Gasteiger partial charge in [-0.15, -0.1) is 11.6 Å². The van der Waals surface area contributed by atoms with Crippen molar-refractivity contribution in [3.05, 3.63) is 41.8 Å². The maximum Gasteiger partial charge on any atom is 0.277 e. The molecule has 1 aromatic heterocycles. The number of rotatable bonds is 5. The van der Waals surface area contributed by atoms with Gasteiger partial charge in [-0.3, -0.25) is 4.79 Å². The minimum Gasteiger partial charge on any atom is -0.494 e. The number of amides is 1. The molecule has 0 aliphatic carbocycles. The van der Waals surface area contributed by atoms with Crippen LogP contribution in [0.2, 0.25) is 0 Å². The van der Waals surface area contributed by atoms with Gasteiger partial charge in [-0.05, 0) is 25.1 Å². The second kappa shape index (κ2) is 6.24. The lowest BCUT2D eigenvalue weighted by Gasteiger charge is -2.10. The molecule has 0 radical (unpaired) electrons. The predicted octanol–water partition coefficient (Wildman–Crippen LogP) is 3.06. The molecule has 0 bridgehead atoms. The first-order valence-corrected chi connectivity index (χ1v) is 6.31. The molecule has 19 heavy (non-hydrogen) atoms. The van der Waals surface area contributed by atoms with E-state index < -0.39 is 0 Å². The second-order valence-electron chi connectivity index (χ2n) is 3.73. The molecule has 2 aromatic rings. The molecule has 0 aliphatic heterocycles. The Kier molecular flexibility index (Phi) is 4.41. The number of aromatic nitrogens is 1. The summed E-state index contributed by atoms with van der Waals surface area (Å²) in [4.78, 5) is 11.8. The summed E-state index contributed by atoms with van der Waals surface area (Å²) in [6.45, 7) is 2.47. The Hall–Kier alpha value is -2.01. The summed E-state index contributed by atoms with van der Waals surface area (Å²) in [6, 6.07) is 6.79. The van der Waals surface area contributed by atoms with Crippen LogP contribution in [0, 0.1) is 0 Å². The highest BCUT2D eigenvalue weighted by Crippen LogP contribution is 2.24. The minimum atomic E-state index is -0.335. The molecule has 1 amide bonds. The number of alkyl halides is 1. The van der Waals surface area contributed by atoms with E-state index in [9.17, 15) is 4.79 Å². The third-order valence-corrected chi connectivity index (χ3v) is 2.72. The van der Waals surface area contributed by atoms with Crippen LogP contribution in [-0.2, 0) is 5.88 Å². The molecule has 0 saturated carbocycles. The fourth-order valence-corrected chi connectivity index (χ4v) is 1.79. The summed E-state index contributed by atoms with van der Waals surface area (Å²) in [6.07, 6.45) is 1.34. The van der Waals surface area contributed by atoms with E-state index >= 15 is 0 Å². The second-order valence-corrected chi connectivity index (χ2v) is 4.00. The number of nitrogens with one attached hydrogen (secondary N) is 1. The molecule has 1 N–H and O–H groups in total. The van der Waals surface area contributed by atoms with Crippen molar-refractivity contribution in [1.82, 2.24) is 5.16 Å². The van der Waals surface area contributed by atoms with Crippen LogP contribution in [-0.4, -0.2) is 17.7 Å². The van der Waals surface area contributed by atoms with Crippen molar-refractivity contribution in [3.8, 4) is 5.75 Å². The number of nitrogens with zero attached hydrogens (tertiary/aromatic N) is 1. The van der Waals surface area contributed by atoms with Gasteiger partial charge in [-0.2, -0.15) is 0 Å². The summed E-state index contributed by atoms with van der Waals surface area (Å²) in [5.74, 6) is 0.693. The largest absolute Gasteiger partial charge is 0.494 e. The fourth-order valence-electron chi connectivity index (χ4n) is 1.58. The summed E-state index contributed by atoms with van der Waals surface area (Å²) in [5.41, 5.74) is 1.68. The van der Waals surface area contributed by atoms with Gasteiger partial charge in [-0.1, -0.05) is 5.16 Å². The first-order valence-electron chi connectivity index (χ1n) is 5.78. The standard InChI is InChI=1S/C13H13ClN2O3/c1-2-18-12-4-3-10(7-9(12)8-14)15-13(17)11-5-6-19-16-11/h3-7H,2,8H2,1H3,(H,15,17). The Morgan fingerprint density at radius 3 is 2.95 bits per heavy atom. The number of carbonyl (C=O) groups is 1. The van der Waals surface area contributed by atoms with Crippen LogP contribution in [0.4, 0.5) is 5.69 Å². The molecule has 0 fully saturated rings. The number of anilines is 1. The summed E-state index contributed by atoms with van der Waals surface area (Å²) in [5, 5.41) is 6.28. The van der Waals surface area contributed by atoms with Crippen LogP contribution >= 0.6 is 11.6 Å². The molecule has 1 heterocycles. The molecule has 2 rings (SSSR count). The quantitative estimate of drug-likeness (QED) is 0.855. The van der Waals surface area contributed by atoms with Crippen molar-refractivity contribution in [2.75, 3.05) is 11.9 Å². The Labute approximate surface area is 115 Å². The Morgan fingerprint density at radius 2 is 2.32 bits per heavy atom. The lowest BCUT2D eigenvalue weighted by atomic mass is 10.2. The average molecular weight is 281 g/mol. The Balaban J connectivity index is 2.15. The first-order chi connectivity index (χ1) is 9.24. The molecule has 0 spiro atoms. The minimum absolute atomic E-state index is 0.223. The highest BCUT2D eigenvalue weighted by molar-refractivity contribution is 6.17. The van der Waals surface area contributed by atoms with Crippen molar-refractivity contribution in [2.45, 2.75) is 12.8 Å². The van der Waals surface area contributed by atoms with Crippen LogP contribution in [0.3, 0.4) is 0 Å². The molecular weight excluding hydrogens is 268 g/mol. The van der Waals surface area contributed by atoms with Gasteiger partial charge < -0.3 is 14.6 Å². The summed E-state index contributed by atoms with van der Waals surface area (Å²) >= 11 is 5.86. The van der Waals surface area contributed by atoms with Gasteiger partial charge in [0.1, 0.15) is 12.0 Å². The van der Waals surface area contributed by atoms with Crippen molar-refractivity contribution in [2.24, 2.45) is 0 Å². The van der Waals surface area contributed by atoms with E-state index in [4.69, 9.17) is 16.3 Å². The van der Waals surface area contributed by atoms with Crippen molar-refractivity contribution in [3.63, 3.8) is 0 Å². The lowest BCUT2D eigenvalue weighted by molar-refractivity contribution is 0.101. The van der Waals surface area contributed by atoms with Gasteiger partial charge in [0, 0.05) is 17.3 Å². The molecule has 0 saturated heterocycles. The van der Waals surface area contributed by atoms with E-state index in [2.05, 4.69) is 15.0 Å². The normalized spacial score (nSPS) is 10.2. The van der Waals surface area contributed by atoms with Gasteiger partial charge >= 0.3 is 0 Å². The van der Waals surface area contributed by atoms with E-state index in [1.807, 2.05) is 6.92 Å². The average Bonchev–Trinajstić information content (AvgIpc) is 2.94. The van der Waals surface area contributed by atoms with Gasteiger partial charge in [0.2, 0.25) is 0 Å². The van der Waals surface area contributed by atoms with E-state index in [1.54, 1.807) is 18.2 Å². The topological polar surface area (TPSA) is 64.4 Å². The van der Waals surface area contributed by atoms with Crippen LogP contribution in [0.1, 0.15) is 23.0 Å². The van der Waals surface area contributed by atoms with Crippen molar-refractivity contribution < 1.29 is 14.1 Å². The summed E-state index contributed by atoms with van der Waals surface area (Å²) in [7, 11) is 0. The SMILES string of the molecule is CCOc1ccc(NC(=O)c2ccon2)cc1CCl. The molecule has 1 aromatic carbocycles. The van der Waals surface area contributed by atoms with Crippen LogP contribution in [0.15, 0.2) is 35.1 Å². The monoisotopic (exact) mass is 280 g/mol. The van der Waals surface area contributed by atoms with Gasteiger partial charge in [0.05, 0.1) is 12.5 Å². The number of hydrogen-bond acceptors (Lipinski definition) is 4. The summed E-state index contributed by atoms with van der Waals surface area (Å²) < 4.78 is 10.1. The maximum absolute atomic E-state index is 11.8. The van der Waals surface area contributed by atoms with Gasteiger partial charge in [0.15, 0.2) is 5.69 Å². The number of benzene rings is 1. The molecule has 0 aliphatic rings. The third-order valence-electron chi connectivity index (χ3n) is 2.43. The highest BCUT2D eigenvalue weighted by atomic mass is 35.5. The third kappa shape index (κ3) is 3.26.